The minimum atomic E-state index is -0.0437. The third-order valence-electron chi connectivity index (χ3n) is 4.40. The highest BCUT2D eigenvalue weighted by Crippen LogP contribution is 2.32. The number of Topliss-reactive ketones (excluding diaryl/α,β-unsaturated/α-hetero) is 1. The predicted octanol–water partition coefficient (Wildman–Crippen LogP) is 5.18. The summed E-state index contributed by atoms with van der Waals surface area (Å²) in [6.45, 7) is 6.85. The van der Waals surface area contributed by atoms with Crippen LogP contribution in [0.15, 0.2) is 36.4 Å². The zero-order valence-electron chi connectivity index (χ0n) is 17.2. The van der Waals surface area contributed by atoms with Gasteiger partial charge in [0.1, 0.15) is 23.0 Å². The molecular weight excluding hydrogens is 356 g/mol. The summed E-state index contributed by atoms with van der Waals surface area (Å²) in [5.74, 6) is 2.45. The van der Waals surface area contributed by atoms with Crippen molar-refractivity contribution in [3.63, 3.8) is 0 Å². The average molecular weight is 386 g/mol. The molecular formula is C23H30O5. The van der Waals surface area contributed by atoms with Crippen molar-refractivity contribution in [2.24, 2.45) is 5.92 Å². The van der Waals surface area contributed by atoms with Crippen molar-refractivity contribution >= 4 is 5.78 Å². The Morgan fingerprint density at radius 1 is 0.964 bits per heavy atom. The normalized spacial score (nSPS) is 10.8. The Morgan fingerprint density at radius 3 is 2.18 bits per heavy atom. The Labute approximate surface area is 167 Å². The van der Waals surface area contributed by atoms with Gasteiger partial charge in [0, 0.05) is 12.0 Å². The lowest BCUT2D eigenvalue weighted by atomic mass is 9.98. The van der Waals surface area contributed by atoms with Crippen LogP contribution in [0.5, 0.6) is 23.0 Å². The number of methoxy groups -OCH3 is 1. The summed E-state index contributed by atoms with van der Waals surface area (Å²) in [4.78, 5) is 12.2. The summed E-state index contributed by atoms with van der Waals surface area (Å²) in [7, 11) is 1.63. The molecule has 0 amide bonds. The maximum absolute atomic E-state index is 12.2. The maximum Gasteiger partial charge on any atom is 0.166 e. The van der Waals surface area contributed by atoms with Gasteiger partial charge in [-0.3, -0.25) is 4.79 Å². The number of aromatic hydroxyl groups is 1. The van der Waals surface area contributed by atoms with E-state index in [4.69, 9.17) is 14.2 Å². The van der Waals surface area contributed by atoms with E-state index in [9.17, 15) is 9.90 Å². The van der Waals surface area contributed by atoms with E-state index in [1.165, 1.54) is 0 Å². The smallest absolute Gasteiger partial charge is 0.166 e. The molecule has 0 bridgehead atoms. The monoisotopic (exact) mass is 386 g/mol. The first-order valence-electron chi connectivity index (χ1n) is 9.67. The number of phenolic OH excluding ortho intramolecular Hbond substituents is 1. The van der Waals surface area contributed by atoms with Crippen molar-refractivity contribution < 1.29 is 24.1 Å². The molecule has 0 fully saturated rings. The molecule has 0 aliphatic carbocycles. The molecule has 0 saturated carbocycles. The molecule has 2 aromatic rings. The van der Waals surface area contributed by atoms with E-state index in [0.717, 1.165) is 24.3 Å². The second kappa shape index (κ2) is 10.6. The van der Waals surface area contributed by atoms with E-state index in [1.807, 2.05) is 38.1 Å². The van der Waals surface area contributed by atoms with Crippen LogP contribution in [0, 0.1) is 12.8 Å². The molecule has 0 aliphatic heterocycles. The van der Waals surface area contributed by atoms with Crippen LogP contribution in [-0.4, -0.2) is 31.2 Å². The Balaban J connectivity index is 1.76. The summed E-state index contributed by atoms with van der Waals surface area (Å²) < 4.78 is 16.6. The summed E-state index contributed by atoms with van der Waals surface area (Å²) in [5, 5.41) is 10.3. The third kappa shape index (κ3) is 6.19. The minimum Gasteiger partial charge on any atom is -0.507 e. The fourth-order valence-electron chi connectivity index (χ4n) is 2.79. The molecule has 0 aliphatic rings. The molecule has 0 saturated heterocycles. The Hall–Kier alpha value is -2.69. The van der Waals surface area contributed by atoms with Crippen molar-refractivity contribution in [3.05, 3.63) is 47.5 Å². The standard InChI is InChI=1S/C23H30O5/c1-16(2)15-21(24)20-11-12-22(17(3)23(20)25)28-14-6-5-13-27-19-9-7-18(26-4)8-10-19/h7-12,16,25H,5-6,13-15H2,1-4H3. The van der Waals surface area contributed by atoms with E-state index in [-0.39, 0.29) is 17.5 Å². The average Bonchev–Trinajstić information content (AvgIpc) is 2.67. The van der Waals surface area contributed by atoms with Crippen LogP contribution in [0.1, 0.15) is 49.0 Å². The molecule has 5 heteroatoms. The van der Waals surface area contributed by atoms with E-state index in [1.54, 1.807) is 26.2 Å². The summed E-state index contributed by atoms with van der Waals surface area (Å²) in [6.07, 6.45) is 2.09. The van der Waals surface area contributed by atoms with E-state index in [2.05, 4.69) is 0 Å². The highest BCUT2D eigenvalue weighted by Gasteiger charge is 2.16. The van der Waals surface area contributed by atoms with Crippen molar-refractivity contribution in [1.82, 2.24) is 0 Å². The topological polar surface area (TPSA) is 65.0 Å². The molecule has 0 aromatic heterocycles. The first kappa shape index (κ1) is 21.6. The Kier molecular flexibility index (Phi) is 8.18. The van der Waals surface area contributed by atoms with Gasteiger partial charge in [-0.2, -0.15) is 0 Å². The van der Waals surface area contributed by atoms with Crippen LogP contribution in [0.4, 0.5) is 0 Å². The molecule has 2 aromatic carbocycles. The lowest BCUT2D eigenvalue weighted by Gasteiger charge is -2.13. The molecule has 0 radical (unpaired) electrons. The van der Waals surface area contributed by atoms with Crippen molar-refractivity contribution in [2.45, 2.75) is 40.0 Å². The Morgan fingerprint density at radius 2 is 1.57 bits per heavy atom. The first-order chi connectivity index (χ1) is 13.4. The van der Waals surface area contributed by atoms with Crippen molar-refractivity contribution in [3.8, 4) is 23.0 Å². The van der Waals surface area contributed by atoms with E-state index < -0.39 is 0 Å². The maximum atomic E-state index is 12.2. The van der Waals surface area contributed by atoms with Gasteiger partial charge < -0.3 is 19.3 Å². The number of phenols is 1. The highest BCUT2D eigenvalue weighted by atomic mass is 16.5. The third-order valence-corrected chi connectivity index (χ3v) is 4.40. The van der Waals surface area contributed by atoms with Gasteiger partial charge in [-0.15, -0.1) is 0 Å². The predicted molar refractivity (Wildman–Crippen MR) is 110 cm³/mol. The van der Waals surface area contributed by atoms with Gasteiger partial charge in [0.15, 0.2) is 5.78 Å². The minimum absolute atomic E-state index is 0.0194. The summed E-state index contributed by atoms with van der Waals surface area (Å²) in [6, 6.07) is 10.9. The molecule has 5 nitrogen and oxygen atoms in total. The zero-order chi connectivity index (χ0) is 20.5. The second-order valence-corrected chi connectivity index (χ2v) is 7.19. The lowest BCUT2D eigenvalue weighted by molar-refractivity contribution is 0.0965. The number of hydrogen-bond donors (Lipinski definition) is 1. The molecule has 2 rings (SSSR count). The number of benzene rings is 2. The van der Waals surface area contributed by atoms with Gasteiger partial charge in [0.05, 0.1) is 25.9 Å². The summed E-state index contributed by atoms with van der Waals surface area (Å²) in [5.41, 5.74) is 0.968. The molecule has 0 spiro atoms. The van der Waals surface area contributed by atoms with Crippen molar-refractivity contribution in [1.29, 1.82) is 0 Å². The summed E-state index contributed by atoms with van der Waals surface area (Å²) >= 11 is 0. The number of ketones is 1. The fourth-order valence-corrected chi connectivity index (χ4v) is 2.79. The molecule has 152 valence electrons. The fraction of sp³-hybridized carbons (Fsp3) is 0.435. The number of carbonyl (C=O) groups excluding carboxylic acids is 1. The van der Waals surface area contributed by atoms with E-state index in [0.29, 0.717) is 36.5 Å². The van der Waals surface area contributed by atoms with Crippen LogP contribution in [0.3, 0.4) is 0 Å². The number of hydrogen-bond acceptors (Lipinski definition) is 5. The molecule has 28 heavy (non-hydrogen) atoms. The molecule has 1 N–H and O–H groups in total. The van der Waals surface area contributed by atoms with Gasteiger partial charge >= 0.3 is 0 Å². The second-order valence-electron chi connectivity index (χ2n) is 7.19. The van der Waals surface area contributed by atoms with Crippen LogP contribution in [0.2, 0.25) is 0 Å². The number of unbranched alkanes of at least 4 members (excludes halogenated alkanes) is 1. The number of rotatable bonds is 11. The van der Waals surface area contributed by atoms with Gasteiger partial charge in [-0.05, 0) is 62.1 Å². The molecule has 0 atom stereocenters. The molecule has 0 heterocycles. The van der Waals surface area contributed by atoms with Crippen molar-refractivity contribution in [2.75, 3.05) is 20.3 Å². The van der Waals surface area contributed by atoms with Gasteiger partial charge in [-0.25, -0.2) is 0 Å². The van der Waals surface area contributed by atoms with Gasteiger partial charge in [0.2, 0.25) is 0 Å². The Bertz CT molecular complexity index is 765. The van der Waals surface area contributed by atoms with Crippen LogP contribution >= 0.6 is 0 Å². The van der Waals surface area contributed by atoms with Gasteiger partial charge in [-0.1, -0.05) is 13.8 Å². The van der Waals surface area contributed by atoms with Crippen LogP contribution < -0.4 is 14.2 Å². The molecule has 0 unspecified atom stereocenters. The van der Waals surface area contributed by atoms with Crippen LogP contribution in [0.25, 0.3) is 0 Å². The first-order valence-corrected chi connectivity index (χ1v) is 9.67. The van der Waals surface area contributed by atoms with Crippen LogP contribution in [-0.2, 0) is 0 Å². The van der Waals surface area contributed by atoms with Gasteiger partial charge in [0.25, 0.3) is 0 Å². The lowest BCUT2D eigenvalue weighted by Crippen LogP contribution is -2.06. The number of carbonyl (C=O) groups is 1. The zero-order valence-corrected chi connectivity index (χ0v) is 17.2. The largest absolute Gasteiger partial charge is 0.507 e. The SMILES string of the molecule is COc1ccc(OCCCCOc2ccc(C(=O)CC(C)C)c(O)c2C)cc1. The number of ether oxygens (including phenoxy) is 3. The quantitative estimate of drug-likeness (QED) is 0.426. The van der Waals surface area contributed by atoms with E-state index >= 15 is 0 Å². The highest BCUT2D eigenvalue weighted by molar-refractivity contribution is 5.99.